The molecule has 2 aliphatic carbocycles. The first-order valence-electron chi connectivity index (χ1n) is 10.8. The predicted octanol–water partition coefficient (Wildman–Crippen LogP) is 2.83. The summed E-state index contributed by atoms with van der Waals surface area (Å²) in [7, 11) is 0. The van der Waals surface area contributed by atoms with E-state index in [0.717, 1.165) is 49.5 Å². The molecule has 0 bridgehead atoms. The number of guanidine groups is 1. The summed E-state index contributed by atoms with van der Waals surface area (Å²) in [6, 6.07) is 4.64. The lowest BCUT2D eigenvalue weighted by atomic mass is 9.46. The zero-order valence-electron chi connectivity index (χ0n) is 16.5. The van der Waals surface area contributed by atoms with E-state index in [1.165, 1.54) is 25.7 Å². The van der Waals surface area contributed by atoms with E-state index in [0.29, 0.717) is 29.5 Å². The van der Waals surface area contributed by atoms with E-state index >= 15 is 0 Å². The van der Waals surface area contributed by atoms with Crippen molar-refractivity contribution >= 4 is 23.4 Å². The third-order valence-electron chi connectivity index (χ3n) is 7.21. The van der Waals surface area contributed by atoms with Crippen molar-refractivity contribution in [2.24, 2.45) is 16.3 Å². The highest BCUT2D eigenvalue weighted by atomic mass is 35.5. The van der Waals surface area contributed by atoms with Gasteiger partial charge in [-0.2, -0.15) is 0 Å². The Labute approximate surface area is 172 Å². The zero-order valence-corrected chi connectivity index (χ0v) is 17.3. The molecule has 4 aliphatic rings. The topological polar surface area (TPSA) is 61.8 Å². The molecule has 2 aliphatic heterocycles. The highest BCUT2D eigenvalue weighted by molar-refractivity contribution is 6.32. The molecule has 28 heavy (non-hydrogen) atoms. The molecule has 1 spiro atoms. The van der Waals surface area contributed by atoms with Gasteiger partial charge in [0.2, 0.25) is 0 Å². The molecule has 4 atom stereocenters. The molecule has 1 aromatic rings. The van der Waals surface area contributed by atoms with Crippen molar-refractivity contribution in [2.75, 3.05) is 31.1 Å². The predicted molar refractivity (Wildman–Crippen MR) is 112 cm³/mol. The molecule has 2 saturated heterocycles. The van der Waals surface area contributed by atoms with Crippen LogP contribution < -0.4 is 15.5 Å². The van der Waals surface area contributed by atoms with Gasteiger partial charge in [0.1, 0.15) is 5.82 Å². The third-order valence-corrected chi connectivity index (χ3v) is 7.51. The zero-order chi connectivity index (χ0) is 19.1. The Balaban J connectivity index is 1.23. The minimum Gasteiger partial charge on any atom is -0.377 e. The summed E-state index contributed by atoms with van der Waals surface area (Å²) >= 11 is 6.34. The summed E-state index contributed by atoms with van der Waals surface area (Å²) in [5.41, 5.74) is 0.362. The van der Waals surface area contributed by atoms with E-state index in [1.807, 2.05) is 18.3 Å². The normalized spacial score (nSPS) is 33.4. The van der Waals surface area contributed by atoms with Gasteiger partial charge in [0.25, 0.3) is 0 Å². The lowest BCUT2D eigenvalue weighted by molar-refractivity contribution is -0.171. The van der Waals surface area contributed by atoms with Crippen LogP contribution in [0.2, 0.25) is 5.02 Å². The van der Waals surface area contributed by atoms with Crippen LogP contribution >= 0.6 is 11.6 Å². The molecule has 4 unspecified atom stereocenters. The molecule has 6 nitrogen and oxygen atoms in total. The number of rotatable bonds is 4. The number of halogens is 1. The molecule has 152 valence electrons. The van der Waals surface area contributed by atoms with Gasteiger partial charge in [-0.05, 0) is 44.7 Å². The van der Waals surface area contributed by atoms with E-state index in [-0.39, 0.29) is 0 Å². The summed E-state index contributed by atoms with van der Waals surface area (Å²) in [5, 5.41) is 8.22. The Morgan fingerprint density at radius 1 is 1.39 bits per heavy atom. The number of aliphatic imine (C=N–C) groups is 1. The van der Waals surface area contributed by atoms with E-state index in [2.05, 4.69) is 27.4 Å². The second kappa shape index (κ2) is 7.38. The van der Waals surface area contributed by atoms with Gasteiger partial charge in [-0.15, -0.1) is 0 Å². The fraction of sp³-hybridized carbons (Fsp3) is 0.714. The Kier molecular flexibility index (Phi) is 4.87. The van der Waals surface area contributed by atoms with E-state index < -0.39 is 0 Å². The number of fused-ring (bicyclic) bond motifs is 2. The molecule has 4 fully saturated rings. The van der Waals surface area contributed by atoms with Crippen molar-refractivity contribution in [3.8, 4) is 0 Å². The number of aromatic nitrogens is 1. The second-order valence-corrected chi connectivity index (χ2v) is 9.07. The maximum Gasteiger partial charge on any atom is 0.191 e. The van der Waals surface area contributed by atoms with Crippen molar-refractivity contribution in [2.45, 2.75) is 57.2 Å². The molecule has 0 aromatic carbocycles. The van der Waals surface area contributed by atoms with Crippen molar-refractivity contribution in [3.63, 3.8) is 0 Å². The third kappa shape index (κ3) is 2.96. The van der Waals surface area contributed by atoms with Crippen LogP contribution in [0.15, 0.2) is 23.3 Å². The van der Waals surface area contributed by atoms with Gasteiger partial charge < -0.3 is 20.3 Å². The number of nitrogens with one attached hydrogen (secondary N) is 2. The van der Waals surface area contributed by atoms with Crippen LogP contribution in [0.1, 0.15) is 39.0 Å². The van der Waals surface area contributed by atoms with Gasteiger partial charge in [0.05, 0.1) is 11.1 Å². The molecule has 2 N–H and O–H groups in total. The number of pyridine rings is 1. The van der Waals surface area contributed by atoms with E-state index in [9.17, 15) is 0 Å². The molecule has 2 saturated carbocycles. The summed E-state index contributed by atoms with van der Waals surface area (Å²) < 4.78 is 6.06. The average molecular weight is 404 g/mol. The lowest BCUT2D eigenvalue weighted by Crippen LogP contribution is -2.72. The van der Waals surface area contributed by atoms with Crippen LogP contribution in [0.4, 0.5) is 5.82 Å². The molecule has 1 aromatic heterocycles. The molecular formula is C21H30ClN5O. The summed E-state index contributed by atoms with van der Waals surface area (Å²) in [5.74, 6) is 2.49. The maximum atomic E-state index is 6.34. The number of ether oxygens (including phenoxy) is 1. The van der Waals surface area contributed by atoms with Gasteiger partial charge in [-0.1, -0.05) is 18.0 Å². The standard InChI is InChI=1S/C21H30ClN5O/c1-2-23-20(26-17-15-7-12-28-18(15)21(17)8-4-9-21)25-14-6-11-27(13-14)19-16(22)5-3-10-24-19/h3,5,10,14-15,17-18H,2,4,6-9,11-13H2,1H3,(H2,23,25,26). The van der Waals surface area contributed by atoms with Crippen LogP contribution in [-0.4, -0.2) is 55.4 Å². The quantitative estimate of drug-likeness (QED) is 0.598. The Bertz CT molecular complexity index is 752. The number of anilines is 1. The Hall–Kier alpha value is -1.53. The van der Waals surface area contributed by atoms with Gasteiger partial charge in [-0.25, -0.2) is 4.98 Å². The van der Waals surface area contributed by atoms with Crippen molar-refractivity contribution < 1.29 is 4.74 Å². The van der Waals surface area contributed by atoms with Gasteiger partial charge >= 0.3 is 0 Å². The van der Waals surface area contributed by atoms with Crippen LogP contribution in [-0.2, 0) is 4.74 Å². The first kappa shape index (κ1) is 18.5. The van der Waals surface area contributed by atoms with Crippen LogP contribution in [0, 0.1) is 11.3 Å². The maximum absolute atomic E-state index is 6.34. The largest absolute Gasteiger partial charge is 0.377 e. The minimum absolute atomic E-state index is 0.351. The summed E-state index contributed by atoms with van der Waals surface area (Å²) in [6.07, 6.45) is 8.45. The molecule has 5 rings (SSSR count). The fourth-order valence-corrected chi connectivity index (χ4v) is 6.01. The summed E-state index contributed by atoms with van der Waals surface area (Å²) in [6.45, 7) is 5.65. The smallest absolute Gasteiger partial charge is 0.191 e. The van der Waals surface area contributed by atoms with Crippen molar-refractivity contribution in [1.82, 2.24) is 15.6 Å². The van der Waals surface area contributed by atoms with E-state index in [1.54, 1.807) is 0 Å². The van der Waals surface area contributed by atoms with Crippen molar-refractivity contribution in [1.29, 1.82) is 0 Å². The summed E-state index contributed by atoms with van der Waals surface area (Å²) in [4.78, 5) is 11.5. The second-order valence-electron chi connectivity index (χ2n) is 8.66. The molecule has 0 amide bonds. The Morgan fingerprint density at radius 3 is 3.04 bits per heavy atom. The van der Waals surface area contributed by atoms with Crippen LogP contribution in [0.5, 0.6) is 0 Å². The molecular weight excluding hydrogens is 374 g/mol. The highest BCUT2D eigenvalue weighted by Gasteiger charge is 2.66. The van der Waals surface area contributed by atoms with Gasteiger partial charge in [0, 0.05) is 55.9 Å². The van der Waals surface area contributed by atoms with Crippen LogP contribution in [0.3, 0.4) is 0 Å². The first-order chi connectivity index (χ1) is 13.7. The van der Waals surface area contributed by atoms with Crippen molar-refractivity contribution in [3.05, 3.63) is 23.4 Å². The van der Waals surface area contributed by atoms with Gasteiger partial charge in [-0.3, -0.25) is 4.99 Å². The molecule has 0 radical (unpaired) electrons. The Morgan fingerprint density at radius 2 is 2.29 bits per heavy atom. The van der Waals surface area contributed by atoms with Gasteiger partial charge in [0.15, 0.2) is 5.96 Å². The van der Waals surface area contributed by atoms with E-state index in [4.69, 9.17) is 21.3 Å². The number of hydrogen-bond acceptors (Lipinski definition) is 4. The number of hydrogen-bond donors (Lipinski definition) is 2. The monoisotopic (exact) mass is 403 g/mol. The molecule has 7 heteroatoms. The molecule has 3 heterocycles. The number of nitrogens with zero attached hydrogens (tertiary/aromatic N) is 3. The lowest BCUT2D eigenvalue weighted by Gasteiger charge is -2.63. The SMILES string of the molecule is CCN=C(NC1CCN(c2ncccc2Cl)C1)NC1C2CCOC2C12CCC2. The first-order valence-corrected chi connectivity index (χ1v) is 11.1. The van der Waals surface area contributed by atoms with Crippen LogP contribution in [0.25, 0.3) is 0 Å². The minimum atomic E-state index is 0.351. The highest BCUT2D eigenvalue weighted by Crippen LogP contribution is 2.62. The fourth-order valence-electron chi connectivity index (χ4n) is 5.77. The average Bonchev–Trinajstić information content (AvgIpc) is 3.27.